The first-order valence-corrected chi connectivity index (χ1v) is 7.60. The zero-order valence-corrected chi connectivity index (χ0v) is 12.9. The molecule has 110 valence electrons. The van der Waals surface area contributed by atoms with E-state index in [0.29, 0.717) is 0 Å². The largest absolute Gasteiger partial charge is 0.310 e. The minimum atomic E-state index is -0.120. The molecule has 0 atom stereocenters. The average molecular weight is 282 g/mol. The second-order valence-electron chi connectivity index (χ2n) is 7.03. The first-order valence-electron chi connectivity index (χ1n) is 7.60. The number of hydrogen-bond acceptors (Lipinski definition) is 2. The molecule has 21 heavy (non-hydrogen) atoms. The van der Waals surface area contributed by atoms with Gasteiger partial charge in [0.1, 0.15) is 5.82 Å². The number of hydrogen-bond donors (Lipinski definition) is 1. The van der Waals surface area contributed by atoms with Gasteiger partial charge >= 0.3 is 0 Å². The summed E-state index contributed by atoms with van der Waals surface area (Å²) in [5, 5.41) is 0. The zero-order valence-electron chi connectivity index (χ0n) is 12.9. The van der Waals surface area contributed by atoms with Crippen molar-refractivity contribution in [1.82, 2.24) is 9.97 Å². The lowest BCUT2D eigenvalue weighted by atomic mass is 9.63. The number of rotatable bonds is 2. The van der Waals surface area contributed by atoms with Crippen LogP contribution < -0.4 is 5.56 Å². The summed E-state index contributed by atoms with van der Waals surface area (Å²) in [7, 11) is 0. The summed E-state index contributed by atoms with van der Waals surface area (Å²) in [6.07, 6.45) is 3.28. The van der Waals surface area contributed by atoms with E-state index in [1.54, 1.807) is 6.07 Å². The smallest absolute Gasteiger partial charge is 0.251 e. The number of H-pyrrole nitrogens is 1. The van der Waals surface area contributed by atoms with E-state index in [0.717, 1.165) is 24.4 Å². The van der Waals surface area contributed by atoms with E-state index in [2.05, 4.69) is 50.0 Å². The van der Waals surface area contributed by atoms with E-state index in [1.165, 1.54) is 12.0 Å². The second kappa shape index (κ2) is 4.83. The number of benzene rings is 1. The van der Waals surface area contributed by atoms with Gasteiger partial charge in [-0.2, -0.15) is 0 Å². The normalized spacial score (nSPS) is 17.3. The van der Waals surface area contributed by atoms with E-state index in [4.69, 9.17) is 4.98 Å². The van der Waals surface area contributed by atoms with Crippen molar-refractivity contribution >= 4 is 0 Å². The monoisotopic (exact) mass is 282 g/mol. The molecule has 1 heterocycles. The predicted molar refractivity (Wildman–Crippen MR) is 84.6 cm³/mol. The number of aromatic amines is 1. The van der Waals surface area contributed by atoms with Gasteiger partial charge in [0.05, 0.1) is 11.1 Å². The summed E-state index contributed by atoms with van der Waals surface area (Å²) in [4.78, 5) is 19.9. The van der Waals surface area contributed by atoms with Crippen LogP contribution in [0.15, 0.2) is 41.2 Å². The maximum absolute atomic E-state index is 12.1. The van der Waals surface area contributed by atoms with Crippen LogP contribution in [0.25, 0.3) is 0 Å². The predicted octanol–water partition coefficient (Wildman–Crippen LogP) is 3.54. The Morgan fingerprint density at radius 1 is 1.14 bits per heavy atom. The lowest BCUT2D eigenvalue weighted by Gasteiger charge is -2.41. The minimum absolute atomic E-state index is 0.0490. The van der Waals surface area contributed by atoms with E-state index in [9.17, 15) is 4.79 Å². The molecule has 3 nitrogen and oxygen atoms in total. The molecule has 1 fully saturated rings. The van der Waals surface area contributed by atoms with Crippen molar-refractivity contribution in [2.75, 3.05) is 0 Å². The Kier molecular flexibility index (Phi) is 3.23. The topological polar surface area (TPSA) is 45.8 Å². The molecule has 0 bridgehead atoms. The van der Waals surface area contributed by atoms with Gasteiger partial charge in [0, 0.05) is 11.5 Å². The van der Waals surface area contributed by atoms with Crippen LogP contribution in [-0.2, 0) is 10.8 Å². The first kappa shape index (κ1) is 14.1. The lowest BCUT2D eigenvalue weighted by molar-refractivity contribution is 0.282. The standard InChI is InChI=1S/C18H22N2O/c1-17(2,3)14-12-15(21)20-16(19-14)18(10-7-11-18)13-8-5-4-6-9-13/h4-6,8-9,12H,7,10-11H2,1-3H3,(H,19,20,21). The van der Waals surface area contributed by atoms with Gasteiger partial charge in [-0.3, -0.25) is 4.79 Å². The summed E-state index contributed by atoms with van der Waals surface area (Å²) in [6, 6.07) is 12.0. The summed E-state index contributed by atoms with van der Waals surface area (Å²) < 4.78 is 0. The fourth-order valence-corrected chi connectivity index (χ4v) is 3.02. The summed E-state index contributed by atoms with van der Waals surface area (Å²) >= 11 is 0. The molecular formula is C18H22N2O. The Hall–Kier alpha value is -1.90. The lowest BCUT2D eigenvalue weighted by Crippen LogP contribution is -2.39. The molecule has 0 unspecified atom stereocenters. The van der Waals surface area contributed by atoms with Gasteiger partial charge in [-0.1, -0.05) is 57.5 Å². The van der Waals surface area contributed by atoms with E-state index >= 15 is 0 Å². The van der Waals surface area contributed by atoms with Gasteiger partial charge in [-0.15, -0.1) is 0 Å². The summed E-state index contributed by atoms with van der Waals surface area (Å²) in [5.74, 6) is 0.831. The van der Waals surface area contributed by atoms with E-state index < -0.39 is 0 Å². The highest BCUT2D eigenvalue weighted by atomic mass is 16.1. The van der Waals surface area contributed by atoms with Crippen LogP contribution in [0.5, 0.6) is 0 Å². The van der Waals surface area contributed by atoms with Crippen molar-refractivity contribution < 1.29 is 0 Å². The van der Waals surface area contributed by atoms with Gasteiger partial charge in [-0.05, 0) is 18.4 Å². The Bertz CT molecular complexity index is 691. The van der Waals surface area contributed by atoms with Crippen molar-refractivity contribution in [3.8, 4) is 0 Å². The quantitative estimate of drug-likeness (QED) is 0.915. The SMILES string of the molecule is CC(C)(C)c1cc(=O)[nH]c(C2(c3ccccc3)CCC2)n1. The van der Waals surface area contributed by atoms with Crippen LogP contribution in [0.4, 0.5) is 0 Å². The van der Waals surface area contributed by atoms with E-state index in [1.807, 2.05) is 6.07 Å². The van der Waals surface area contributed by atoms with Crippen LogP contribution in [0, 0.1) is 0 Å². The molecule has 1 aromatic carbocycles. The molecule has 1 aromatic heterocycles. The van der Waals surface area contributed by atoms with Crippen LogP contribution in [-0.4, -0.2) is 9.97 Å². The molecule has 1 N–H and O–H groups in total. The third-order valence-electron chi connectivity index (χ3n) is 4.50. The van der Waals surface area contributed by atoms with Gasteiger partial charge in [0.2, 0.25) is 0 Å². The molecule has 3 rings (SSSR count). The number of nitrogens with zero attached hydrogens (tertiary/aromatic N) is 1. The Morgan fingerprint density at radius 2 is 1.81 bits per heavy atom. The van der Waals surface area contributed by atoms with Gasteiger partial charge < -0.3 is 4.98 Å². The average Bonchev–Trinajstić information content (AvgIpc) is 2.37. The third kappa shape index (κ3) is 2.41. The Balaban J connectivity index is 2.15. The Labute approximate surface area is 125 Å². The van der Waals surface area contributed by atoms with Crippen molar-refractivity contribution in [2.45, 2.75) is 50.9 Å². The molecule has 2 aromatic rings. The fraction of sp³-hybridized carbons (Fsp3) is 0.444. The van der Waals surface area contributed by atoms with Crippen LogP contribution in [0.2, 0.25) is 0 Å². The van der Waals surface area contributed by atoms with Crippen molar-refractivity contribution in [3.63, 3.8) is 0 Å². The molecule has 1 aliphatic carbocycles. The van der Waals surface area contributed by atoms with Crippen molar-refractivity contribution in [2.24, 2.45) is 0 Å². The highest BCUT2D eigenvalue weighted by molar-refractivity contribution is 5.36. The highest BCUT2D eigenvalue weighted by Gasteiger charge is 2.43. The van der Waals surface area contributed by atoms with Gasteiger partial charge in [0.15, 0.2) is 0 Å². The molecule has 0 spiro atoms. The van der Waals surface area contributed by atoms with Crippen molar-refractivity contribution in [1.29, 1.82) is 0 Å². The molecule has 0 amide bonds. The van der Waals surface area contributed by atoms with Crippen molar-refractivity contribution in [3.05, 3.63) is 63.8 Å². The number of nitrogens with one attached hydrogen (secondary N) is 1. The molecule has 1 saturated carbocycles. The summed E-state index contributed by atoms with van der Waals surface area (Å²) in [6.45, 7) is 6.28. The van der Waals surface area contributed by atoms with Gasteiger partial charge in [-0.25, -0.2) is 4.98 Å². The fourth-order valence-electron chi connectivity index (χ4n) is 3.02. The molecule has 1 aliphatic rings. The van der Waals surface area contributed by atoms with Crippen LogP contribution in [0.1, 0.15) is 57.1 Å². The maximum Gasteiger partial charge on any atom is 0.251 e. The Morgan fingerprint density at radius 3 is 2.33 bits per heavy atom. The molecule has 0 aliphatic heterocycles. The van der Waals surface area contributed by atoms with Crippen LogP contribution in [0.3, 0.4) is 0 Å². The minimum Gasteiger partial charge on any atom is -0.310 e. The second-order valence-corrected chi connectivity index (χ2v) is 7.03. The van der Waals surface area contributed by atoms with E-state index in [-0.39, 0.29) is 16.4 Å². The molecular weight excluding hydrogens is 260 g/mol. The number of aromatic nitrogens is 2. The molecule has 0 saturated heterocycles. The zero-order chi connectivity index (χ0) is 15.1. The first-order chi connectivity index (χ1) is 9.92. The van der Waals surface area contributed by atoms with Gasteiger partial charge in [0.25, 0.3) is 5.56 Å². The van der Waals surface area contributed by atoms with Crippen LogP contribution >= 0.6 is 0 Å². The molecule has 0 radical (unpaired) electrons. The third-order valence-corrected chi connectivity index (χ3v) is 4.50. The summed E-state index contributed by atoms with van der Waals surface area (Å²) in [5.41, 5.74) is 1.84. The maximum atomic E-state index is 12.1. The molecule has 3 heteroatoms. The highest BCUT2D eigenvalue weighted by Crippen LogP contribution is 2.47.